The lowest BCUT2D eigenvalue weighted by Crippen LogP contribution is -2.21. The highest BCUT2D eigenvalue weighted by Gasteiger charge is 2.08. The smallest absolute Gasteiger partial charge is 0.297 e. The first-order valence-electron chi connectivity index (χ1n) is 5.37. The van der Waals surface area contributed by atoms with Crippen LogP contribution in [-0.2, 0) is 17.8 Å². The number of ketones is 1. The topological polar surface area (TPSA) is 39.1 Å². The van der Waals surface area contributed by atoms with Crippen LogP contribution in [0.25, 0.3) is 0 Å². The fourth-order valence-corrected chi connectivity index (χ4v) is 2.39. The second-order valence-electron chi connectivity index (χ2n) is 3.93. The number of Topliss-reactive ketones (excluding diaryl/α,β-unsaturated/α-hetero) is 1. The zero-order valence-corrected chi connectivity index (χ0v) is 10.4. The summed E-state index contributed by atoms with van der Waals surface area (Å²) in [7, 11) is 0. The van der Waals surface area contributed by atoms with Gasteiger partial charge in [-0.2, -0.15) is 0 Å². The van der Waals surface area contributed by atoms with Crippen molar-refractivity contribution in [1.29, 1.82) is 0 Å². The highest BCUT2D eigenvalue weighted by molar-refractivity contribution is 7.07. The molecular formula is C13H13NO2S. The minimum Gasteiger partial charge on any atom is -0.297 e. The SMILES string of the molecule is Cc1csc(=O)n1CC(=O)Cc1ccccc1. The predicted octanol–water partition coefficient (Wildman–Crippen LogP) is 2.03. The van der Waals surface area contributed by atoms with E-state index in [2.05, 4.69) is 0 Å². The lowest BCUT2D eigenvalue weighted by molar-refractivity contribution is -0.119. The maximum Gasteiger partial charge on any atom is 0.307 e. The van der Waals surface area contributed by atoms with Crippen molar-refractivity contribution >= 4 is 17.1 Å². The maximum absolute atomic E-state index is 11.8. The Morgan fingerprint density at radius 3 is 2.59 bits per heavy atom. The zero-order valence-electron chi connectivity index (χ0n) is 9.55. The molecule has 0 aliphatic rings. The molecule has 1 heterocycles. The van der Waals surface area contributed by atoms with Gasteiger partial charge in [-0.3, -0.25) is 14.2 Å². The van der Waals surface area contributed by atoms with Crippen LogP contribution in [0, 0.1) is 6.92 Å². The molecule has 0 atom stereocenters. The molecule has 0 aliphatic heterocycles. The number of benzene rings is 1. The predicted molar refractivity (Wildman–Crippen MR) is 68.5 cm³/mol. The van der Waals surface area contributed by atoms with Crippen LogP contribution in [0.5, 0.6) is 0 Å². The molecule has 4 heteroatoms. The standard InChI is InChI=1S/C13H13NO2S/c1-10-9-17-13(16)14(10)8-12(15)7-11-5-3-2-4-6-11/h2-6,9H,7-8H2,1H3. The largest absolute Gasteiger partial charge is 0.307 e. The number of aryl methyl sites for hydroxylation is 1. The molecule has 88 valence electrons. The van der Waals surface area contributed by atoms with Crippen LogP contribution in [0.3, 0.4) is 0 Å². The first-order chi connectivity index (χ1) is 8.16. The molecule has 3 nitrogen and oxygen atoms in total. The van der Waals surface area contributed by atoms with Gasteiger partial charge in [-0.25, -0.2) is 0 Å². The van der Waals surface area contributed by atoms with Crippen molar-refractivity contribution in [2.24, 2.45) is 0 Å². The van der Waals surface area contributed by atoms with Gasteiger partial charge in [0.15, 0.2) is 5.78 Å². The number of carbonyl (C=O) groups excluding carboxylic acids is 1. The summed E-state index contributed by atoms with van der Waals surface area (Å²) in [6, 6.07) is 9.57. The van der Waals surface area contributed by atoms with E-state index in [1.807, 2.05) is 37.3 Å². The van der Waals surface area contributed by atoms with E-state index < -0.39 is 0 Å². The van der Waals surface area contributed by atoms with Crippen molar-refractivity contribution in [2.75, 3.05) is 0 Å². The summed E-state index contributed by atoms with van der Waals surface area (Å²) in [5, 5.41) is 1.78. The van der Waals surface area contributed by atoms with E-state index in [0.717, 1.165) is 22.6 Å². The van der Waals surface area contributed by atoms with Crippen LogP contribution in [0.4, 0.5) is 0 Å². The van der Waals surface area contributed by atoms with Crippen LogP contribution in [0.15, 0.2) is 40.5 Å². The minimum absolute atomic E-state index is 0.0554. The number of nitrogens with zero attached hydrogens (tertiary/aromatic N) is 1. The molecule has 2 rings (SSSR count). The van der Waals surface area contributed by atoms with Gasteiger partial charge in [-0.05, 0) is 12.5 Å². The molecule has 0 fully saturated rings. The Balaban J connectivity index is 2.06. The van der Waals surface area contributed by atoms with Crippen LogP contribution in [-0.4, -0.2) is 10.4 Å². The Kier molecular flexibility index (Phi) is 3.54. The van der Waals surface area contributed by atoms with Gasteiger partial charge in [0.1, 0.15) is 0 Å². The number of carbonyl (C=O) groups is 1. The zero-order chi connectivity index (χ0) is 12.3. The first kappa shape index (κ1) is 11.8. The summed E-state index contributed by atoms with van der Waals surface area (Å²) >= 11 is 1.13. The highest BCUT2D eigenvalue weighted by Crippen LogP contribution is 2.03. The molecule has 0 spiro atoms. The summed E-state index contributed by atoms with van der Waals surface area (Å²) in [4.78, 5) is 23.2. The van der Waals surface area contributed by atoms with E-state index in [1.165, 1.54) is 4.57 Å². The van der Waals surface area contributed by atoms with Crippen molar-refractivity contribution in [2.45, 2.75) is 19.9 Å². The lowest BCUT2D eigenvalue weighted by Gasteiger charge is -2.03. The van der Waals surface area contributed by atoms with Crippen LogP contribution in [0.1, 0.15) is 11.3 Å². The third kappa shape index (κ3) is 2.91. The molecule has 0 bridgehead atoms. The molecule has 2 aromatic rings. The molecule has 0 aliphatic carbocycles. The molecule has 0 amide bonds. The summed E-state index contributed by atoms with van der Waals surface area (Å²) in [5.41, 5.74) is 1.83. The molecule has 0 N–H and O–H groups in total. The fourth-order valence-electron chi connectivity index (χ4n) is 1.65. The first-order valence-corrected chi connectivity index (χ1v) is 6.25. The van der Waals surface area contributed by atoms with Gasteiger partial charge in [0, 0.05) is 17.5 Å². The van der Waals surface area contributed by atoms with Crippen molar-refractivity contribution < 1.29 is 4.79 Å². The van der Waals surface area contributed by atoms with Gasteiger partial charge < -0.3 is 0 Å². The fraction of sp³-hybridized carbons (Fsp3) is 0.231. The number of aromatic nitrogens is 1. The molecule has 1 aromatic heterocycles. The van der Waals surface area contributed by atoms with Gasteiger partial charge >= 0.3 is 4.87 Å². The van der Waals surface area contributed by atoms with E-state index in [9.17, 15) is 9.59 Å². The van der Waals surface area contributed by atoms with Crippen molar-refractivity contribution in [3.63, 3.8) is 0 Å². The average molecular weight is 247 g/mol. The van der Waals surface area contributed by atoms with E-state index in [4.69, 9.17) is 0 Å². The summed E-state index contributed by atoms with van der Waals surface area (Å²) < 4.78 is 1.52. The quantitative estimate of drug-likeness (QED) is 0.829. The Bertz CT molecular complexity index is 569. The van der Waals surface area contributed by atoms with Crippen molar-refractivity contribution in [3.8, 4) is 0 Å². The monoisotopic (exact) mass is 247 g/mol. The second kappa shape index (κ2) is 5.10. The Morgan fingerprint density at radius 2 is 2.00 bits per heavy atom. The second-order valence-corrected chi connectivity index (χ2v) is 4.75. The lowest BCUT2D eigenvalue weighted by atomic mass is 10.1. The van der Waals surface area contributed by atoms with E-state index in [1.54, 1.807) is 5.38 Å². The average Bonchev–Trinajstić information content (AvgIpc) is 2.62. The summed E-state index contributed by atoms with van der Waals surface area (Å²) in [5.74, 6) is 0.0554. The van der Waals surface area contributed by atoms with Gasteiger partial charge in [0.05, 0.1) is 6.54 Å². The number of thiazole rings is 1. The normalized spacial score (nSPS) is 10.4. The van der Waals surface area contributed by atoms with E-state index in [-0.39, 0.29) is 17.2 Å². The summed E-state index contributed by atoms with van der Waals surface area (Å²) in [6.07, 6.45) is 0.378. The molecule has 0 saturated heterocycles. The van der Waals surface area contributed by atoms with Gasteiger partial charge in [-0.1, -0.05) is 41.7 Å². The maximum atomic E-state index is 11.8. The molecule has 1 aromatic carbocycles. The summed E-state index contributed by atoms with van der Waals surface area (Å²) in [6.45, 7) is 2.01. The third-order valence-corrected chi connectivity index (χ3v) is 3.44. The van der Waals surface area contributed by atoms with Gasteiger partial charge in [-0.15, -0.1) is 0 Å². The number of hydrogen-bond acceptors (Lipinski definition) is 3. The van der Waals surface area contributed by atoms with E-state index in [0.29, 0.717) is 6.42 Å². The molecule has 0 radical (unpaired) electrons. The minimum atomic E-state index is -0.0658. The third-order valence-electron chi connectivity index (χ3n) is 2.56. The van der Waals surface area contributed by atoms with Crippen LogP contribution < -0.4 is 4.87 Å². The molecule has 0 unspecified atom stereocenters. The van der Waals surface area contributed by atoms with Crippen LogP contribution in [0.2, 0.25) is 0 Å². The van der Waals surface area contributed by atoms with Crippen LogP contribution >= 0.6 is 11.3 Å². The van der Waals surface area contributed by atoms with Gasteiger partial charge in [0.2, 0.25) is 0 Å². The molecular weight excluding hydrogens is 234 g/mol. The number of rotatable bonds is 4. The van der Waals surface area contributed by atoms with Gasteiger partial charge in [0.25, 0.3) is 0 Å². The Morgan fingerprint density at radius 1 is 1.29 bits per heavy atom. The van der Waals surface area contributed by atoms with Crippen molar-refractivity contribution in [1.82, 2.24) is 4.57 Å². The Hall–Kier alpha value is -1.68. The Labute approximate surface area is 103 Å². The number of hydrogen-bond donors (Lipinski definition) is 0. The van der Waals surface area contributed by atoms with Crippen molar-refractivity contribution in [3.05, 3.63) is 56.6 Å². The molecule has 17 heavy (non-hydrogen) atoms. The molecule has 0 saturated carbocycles. The highest BCUT2D eigenvalue weighted by atomic mass is 32.1. The van der Waals surface area contributed by atoms with E-state index >= 15 is 0 Å².